The van der Waals surface area contributed by atoms with Crippen LogP contribution in [-0.4, -0.2) is 43.7 Å². The summed E-state index contributed by atoms with van der Waals surface area (Å²) in [4.78, 5) is 13.9. The SMILES string of the molecule is CN(C)C1(CC(=O)OCc2ccccc2)COC1.Cl. The zero-order valence-corrected chi connectivity index (χ0v) is 12.1. The van der Waals surface area contributed by atoms with Crippen molar-refractivity contribution in [2.75, 3.05) is 27.3 Å². The number of hydrogen-bond acceptors (Lipinski definition) is 4. The van der Waals surface area contributed by atoms with Crippen molar-refractivity contribution in [3.05, 3.63) is 35.9 Å². The van der Waals surface area contributed by atoms with Crippen molar-refractivity contribution in [3.8, 4) is 0 Å². The molecule has 0 atom stereocenters. The zero-order chi connectivity index (χ0) is 13.0. The minimum absolute atomic E-state index is 0. The number of nitrogens with zero attached hydrogens (tertiary/aromatic N) is 1. The van der Waals surface area contributed by atoms with Gasteiger partial charge in [0.05, 0.1) is 25.2 Å². The molecular formula is C14H20ClNO3. The molecule has 5 heteroatoms. The normalized spacial score (nSPS) is 16.4. The molecule has 0 radical (unpaired) electrons. The van der Waals surface area contributed by atoms with Crippen molar-refractivity contribution in [1.29, 1.82) is 0 Å². The average Bonchev–Trinajstić information content (AvgIpc) is 2.32. The first-order valence-electron chi connectivity index (χ1n) is 6.07. The number of likely N-dealkylation sites (N-methyl/N-ethyl adjacent to an activating group) is 1. The van der Waals surface area contributed by atoms with Crippen LogP contribution < -0.4 is 0 Å². The smallest absolute Gasteiger partial charge is 0.308 e. The van der Waals surface area contributed by atoms with Crippen molar-refractivity contribution >= 4 is 18.4 Å². The van der Waals surface area contributed by atoms with Gasteiger partial charge in [-0.05, 0) is 19.7 Å². The van der Waals surface area contributed by atoms with E-state index in [4.69, 9.17) is 9.47 Å². The molecule has 0 bridgehead atoms. The van der Waals surface area contributed by atoms with E-state index in [2.05, 4.69) is 0 Å². The van der Waals surface area contributed by atoms with Crippen LogP contribution in [0.4, 0.5) is 0 Å². The van der Waals surface area contributed by atoms with Crippen LogP contribution in [0.3, 0.4) is 0 Å². The highest BCUT2D eigenvalue weighted by atomic mass is 35.5. The van der Waals surface area contributed by atoms with Crippen LogP contribution in [0.15, 0.2) is 30.3 Å². The fourth-order valence-corrected chi connectivity index (χ4v) is 1.91. The number of carbonyl (C=O) groups is 1. The molecule has 0 saturated carbocycles. The van der Waals surface area contributed by atoms with Crippen LogP contribution in [0.1, 0.15) is 12.0 Å². The summed E-state index contributed by atoms with van der Waals surface area (Å²) in [5, 5.41) is 0. The van der Waals surface area contributed by atoms with Crippen LogP contribution >= 0.6 is 12.4 Å². The lowest BCUT2D eigenvalue weighted by molar-refractivity contribution is -0.165. The Labute approximate surface area is 120 Å². The molecule has 1 aliphatic rings. The summed E-state index contributed by atoms with van der Waals surface area (Å²) >= 11 is 0. The largest absolute Gasteiger partial charge is 0.461 e. The molecule has 1 aromatic rings. The molecule has 19 heavy (non-hydrogen) atoms. The van der Waals surface area contributed by atoms with E-state index in [1.54, 1.807) is 0 Å². The maximum Gasteiger partial charge on any atom is 0.308 e. The van der Waals surface area contributed by atoms with Crippen LogP contribution in [-0.2, 0) is 20.9 Å². The summed E-state index contributed by atoms with van der Waals surface area (Å²) < 4.78 is 10.5. The molecule has 0 N–H and O–H groups in total. The maximum atomic E-state index is 11.8. The Balaban J connectivity index is 0.00000180. The van der Waals surface area contributed by atoms with Gasteiger partial charge in [-0.3, -0.25) is 9.69 Å². The van der Waals surface area contributed by atoms with Gasteiger partial charge in [-0.15, -0.1) is 12.4 Å². The molecule has 4 nitrogen and oxygen atoms in total. The third kappa shape index (κ3) is 3.93. The molecule has 0 aliphatic carbocycles. The van der Waals surface area contributed by atoms with Gasteiger partial charge in [0.2, 0.25) is 0 Å². The molecule has 0 amide bonds. The number of esters is 1. The van der Waals surface area contributed by atoms with Gasteiger partial charge in [-0.25, -0.2) is 0 Å². The van der Waals surface area contributed by atoms with E-state index in [1.807, 2.05) is 49.3 Å². The van der Waals surface area contributed by atoms with Gasteiger partial charge in [0.25, 0.3) is 0 Å². The van der Waals surface area contributed by atoms with E-state index in [9.17, 15) is 4.79 Å². The number of rotatable bonds is 5. The standard InChI is InChI=1S/C14H19NO3.ClH/c1-15(2)14(10-17-11-14)8-13(16)18-9-12-6-4-3-5-7-12;/h3-7H,8-11H2,1-2H3;1H. The van der Waals surface area contributed by atoms with E-state index in [-0.39, 0.29) is 23.9 Å². The van der Waals surface area contributed by atoms with Gasteiger partial charge in [-0.2, -0.15) is 0 Å². The first kappa shape index (κ1) is 16.0. The predicted molar refractivity (Wildman–Crippen MR) is 75.3 cm³/mol. The fraction of sp³-hybridized carbons (Fsp3) is 0.500. The maximum absolute atomic E-state index is 11.8. The fourth-order valence-electron chi connectivity index (χ4n) is 1.91. The highest BCUT2D eigenvalue weighted by Crippen LogP contribution is 2.27. The number of carbonyl (C=O) groups excluding carboxylic acids is 1. The lowest BCUT2D eigenvalue weighted by Crippen LogP contribution is -2.60. The molecule has 0 unspecified atom stereocenters. The second-order valence-electron chi connectivity index (χ2n) is 4.93. The van der Waals surface area contributed by atoms with Gasteiger partial charge >= 0.3 is 5.97 Å². The number of hydrogen-bond donors (Lipinski definition) is 0. The summed E-state index contributed by atoms with van der Waals surface area (Å²) in [6.07, 6.45) is 0.382. The lowest BCUT2D eigenvalue weighted by atomic mass is 9.92. The Morgan fingerprint density at radius 2 is 1.95 bits per heavy atom. The first-order chi connectivity index (χ1) is 8.62. The summed E-state index contributed by atoms with van der Waals surface area (Å²) in [6.45, 7) is 1.53. The van der Waals surface area contributed by atoms with Crippen molar-refractivity contribution in [3.63, 3.8) is 0 Å². The van der Waals surface area contributed by atoms with Crippen LogP contribution in [0.2, 0.25) is 0 Å². The molecule has 1 heterocycles. The zero-order valence-electron chi connectivity index (χ0n) is 11.3. The number of ether oxygens (including phenoxy) is 2. The van der Waals surface area contributed by atoms with Crippen molar-refractivity contribution < 1.29 is 14.3 Å². The second-order valence-corrected chi connectivity index (χ2v) is 4.93. The summed E-state index contributed by atoms with van der Waals surface area (Å²) in [5.41, 5.74) is 0.836. The quantitative estimate of drug-likeness (QED) is 0.774. The molecule has 1 aromatic carbocycles. The van der Waals surface area contributed by atoms with Crippen molar-refractivity contribution in [2.24, 2.45) is 0 Å². The van der Waals surface area contributed by atoms with Gasteiger partial charge in [0.1, 0.15) is 6.61 Å². The molecule has 2 rings (SSSR count). The summed E-state index contributed by atoms with van der Waals surface area (Å²) in [6, 6.07) is 9.70. The molecule has 106 valence electrons. The van der Waals surface area contributed by atoms with E-state index >= 15 is 0 Å². The van der Waals surface area contributed by atoms with Crippen LogP contribution in [0, 0.1) is 0 Å². The van der Waals surface area contributed by atoms with E-state index < -0.39 is 0 Å². The topological polar surface area (TPSA) is 38.8 Å². The van der Waals surface area contributed by atoms with Crippen LogP contribution in [0.25, 0.3) is 0 Å². The second kappa shape index (κ2) is 6.89. The number of halogens is 1. The molecule has 0 spiro atoms. The Kier molecular flexibility index (Phi) is 5.79. The van der Waals surface area contributed by atoms with Crippen LogP contribution in [0.5, 0.6) is 0 Å². The predicted octanol–water partition coefficient (Wildman–Crippen LogP) is 1.87. The Morgan fingerprint density at radius 1 is 1.32 bits per heavy atom. The van der Waals surface area contributed by atoms with Crippen molar-refractivity contribution in [2.45, 2.75) is 18.6 Å². The number of benzene rings is 1. The molecule has 1 saturated heterocycles. The molecule has 1 fully saturated rings. The minimum Gasteiger partial charge on any atom is -0.461 e. The highest BCUT2D eigenvalue weighted by molar-refractivity contribution is 5.85. The highest BCUT2D eigenvalue weighted by Gasteiger charge is 2.43. The Hall–Kier alpha value is -1.10. The lowest BCUT2D eigenvalue weighted by Gasteiger charge is -2.45. The van der Waals surface area contributed by atoms with E-state index in [0.717, 1.165) is 5.56 Å². The first-order valence-corrected chi connectivity index (χ1v) is 6.07. The summed E-state index contributed by atoms with van der Waals surface area (Å²) in [5.74, 6) is -0.171. The third-order valence-electron chi connectivity index (χ3n) is 3.41. The minimum atomic E-state index is -0.173. The van der Waals surface area contributed by atoms with E-state index in [0.29, 0.717) is 26.2 Å². The Morgan fingerprint density at radius 3 is 2.42 bits per heavy atom. The van der Waals surface area contributed by atoms with E-state index in [1.165, 1.54) is 0 Å². The van der Waals surface area contributed by atoms with Gasteiger partial charge in [0, 0.05) is 0 Å². The monoisotopic (exact) mass is 285 g/mol. The van der Waals surface area contributed by atoms with Gasteiger partial charge in [0.15, 0.2) is 0 Å². The summed E-state index contributed by atoms with van der Waals surface area (Å²) in [7, 11) is 3.93. The van der Waals surface area contributed by atoms with Gasteiger partial charge in [-0.1, -0.05) is 30.3 Å². The third-order valence-corrected chi connectivity index (χ3v) is 3.41. The Bertz CT molecular complexity index is 404. The molecule has 1 aliphatic heterocycles. The van der Waals surface area contributed by atoms with Gasteiger partial charge < -0.3 is 9.47 Å². The van der Waals surface area contributed by atoms with Crippen molar-refractivity contribution in [1.82, 2.24) is 4.90 Å². The molecule has 0 aromatic heterocycles. The molecular weight excluding hydrogens is 266 g/mol. The average molecular weight is 286 g/mol.